The van der Waals surface area contributed by atoms with E-state index in [-0.39, 0.29) is 24.2 Å². The van der Waals surface area contributed by atoms with Crippen molar-refractivity contribution < 1.29 is 14.3 Å². The van der Waals surface area contributed by atoms with Gasteiger partial charge in [-0.1, -0.05) is 55.5 Å². The van der Waals surface area contributed by atoms with Gasteiger partial charge in [0.05, 0.1) is 0 Å². The van der Waals surface area contributed by atoms with E-state index in [1.54, 1.807) is 24.3 Å². The van der Waals surface area contributed by atoms with Crippen molar-refractivity contribution >= 4 is 22.6 Å². The first-order valence-electron chi connectivity index (χ1n) is 10.8. The van der Waals surface area contributed by atoms with Crippen molar-refractivity contribution in [3.8, 4) is 5.75 Å². The molecule has 0 unspecified atom stereocenters. The molecule has 1 amide bonds. The number of benzene rings is 3. The number of amides is 1. The molecule has 1 aromatic heterocycles. The molecule has 3 aromatic carbocycles. The molecule has 0 radical (unpaired) electrons. The fourth-order valence-corrected chi connectivity index (χ4v) is 3.83. The highest BCUT2D eigenvalue weighted by Crippen LogP contribution is 2.30. The highest BCUT2D eigenvalue weighted by Gasteiger charge is 2.19. The molecule has 0 saturated heterocycles. The van der Waals surface area contributed by atoms with E-state index in [9.17, 15) is 9.59 Å². The van der Waals surface area contributed by atoms with Crippen molar-refractivity contribution in [3.05, 3.63) is 102 Å². The average Bonchev–Trinajstić information content (AvgIpc) is 3.27. The van der Waals surface area contributed by atoms with E-state index in [0.717, 1.165) is 22.0 Å². The van der Waals surface area contributed by atoms with Crippen molar-refractivity contribution in [2.75, 3.05) is 13.2 Å². The average molecular weight is 427 g/mol. The van der Waals surface area contributed by atoms with E-state index in [1.807, 2.05) is 49.5 Å². The molecule has 0 saturated carbocycles. The third-order valence-electron chi connectivity index (χ3n) is 5.57. The Labute approximate surface area is 187 Å². The lowest BCUT2D eigenvalue weighted by Gasteiger charge is -2.18. The Balaban J connectivity index is 1.42. The van der Waals surface area contributed by atoms with Crippen LogP contribution < -0.4 is 10.1 Å². The van der Waals surface area contributed by atoms with E-state index < -0.39 is 0 Å². The van der Waals surface area contributed by atoms with Crippen molar-refractivity contribution in [2.24, 2.45) is 0 Å². The van der Waals surface area contributed by atoms with Crippen LogP contribution in [0.4, 0.5) is 0 Å². The van der Waals surface area contributed by atoms with Crippen LogP contribution >= 0.6 is 0 Å². The normalized spacial score (nSPS) is 11.8. The number of Topliss-reactive ketones (excluding diaryl/α,β-unsaturated/α-hetero) is 1. The van der Waals surface area contributed by atoms with Crippen molar-refractivity contribution in [1.29, 1.82) is 0 Å². The van der Waals surface area contributed by atoms with Crippen LogP contribution in [-0.2, 0) is 4.79 Å². The molecule has 32 heavy (non-hydrogen) atoms. The predicted octanol–water partition coefficient (Wildman–Crippen LogP) is 5.09. The van der Waals surface area contributed by atoms with Crippen LogP contribution in [0, 0.1) is 0 Å². The summed E-state index contributed by atoms with van der Waals surface area (Å²) in [6.07, 6.45) is 2.48. The Morgan fingerprint density at radius 3 is 2.41 bits per heavy atom. The third-order valence-corrected chi connectivity index (χ3v) is 5.57. The number of hydrogen-bond acceptors (Lipinski definition) is 3. The standard InChI is InChI=1S/C27H26N2O3/c1-2-26(30)20-12-14-21(15-13-20)32-18-27(31)29-16-23(19-8-4-3-5-9-19)24-17-28-25-11-7-6-10-22(24)25/h3-15,17,23,28H,2,16,18H2,1H3,(H,29,31)/t23-/m0/s1. The predicted molar refractivity (Wildman–Crippen MR) is 126 cm³/mol. The van der Waals surface area contributed by atoms with Gasteiger partial charge >= 0.3 is 0 Å². The van der Waals surface area contributed by atoms with Crippen LogP contribution in [0.1, 0.15) is 40.7 Å². The number of hydrogen-bond donors (Lipinski definition) is 2. The van der Waals surface area contributed by atoms with E-state index in [0.29, 0.717) is 24.3 Å². The van der Waals surface area contributed by atoms with Gasteiger partial charge in [0.1, 0.15) is 5.75 Å². The molecule has 5 nitrogen and oxygen atoms in total. The van der Waals surface area contributed by atoms with Crippen LogP contribution in [0.25, 0.3) is 10.9 Å². The van der Waals surface area contributed by atoms with Crippen molar-refractivity contribution in [2.45, 2.75) is 19.3 Å². The van der Waals surface area contributed by atoms with Gasteiger partial charge < -0.3 is 15.0 Å². The van der Waals surface area contributed by atoms with E-state index in [1.165, 1.54) is 0 Å². The highest BCUT2D eigenvalue weighted by atomic mass is 16.5. The summed E-state index contributed by atoms with van der Waals surface area (Å²) >= 11 is 0. The summed E-state index contributed by atoms with van der Waals surface area (Å²) in [5, 5.41) is 4.16. The van der Waals surface area contributed by atoms with Gasteiger partial charge in [-0.15, -0.1) is 0 Å². The summed E-state index contributed by atoms with van der Waals surface area (Å²) in [6.45, 7) is 2.20. The molecule has 5 heteroatoms. The number of fused-ring (bicyclic) bond motifs is 1. The minimum absolute atomic E-state index is 0.00985. The van der Waals surface area contributed by atoms with Gasteiger partial charge in [0, 0.05) is 41.5 Å². The Kier molecular flexibility index (Phi) is 6.66. The number of rotatable bonds is 9. The van der Waals surface area contributed by atoms with Crippen LogP contribution in [0.5, 0.6) is 5.75 Å². The number of para-hydroxylation sites is 1. The SMILES string of the molecule is CCC(=O)c1ccc(OCC(=O)NC[C@@H](c2ccccc2)c2c[nH]c3ccccc23)cc1. The van der Waals surface area contributed by atoms with Gasteiger partial charge in [-0.3, -0.25) is 9.59 Å². The van der Waals surface area contributed by atoms with Gasteiger partial charge in [-0.25, -0.2) is 0 Å². The first kappa shape index (κ1) is 21.4. The molecule has 0 fully saturated rings. The lowest BCUT2D eigenvalue weighted by atomic mass is 9.91. The molecular formula is C27H26N2O3. The number of carbonyl (C=O) groups excluding carboxylic acids is 2. The molecule has 2 N–H and O–H groups in total. The maximum atomic E-state index is 12.5. The fraction of sp³-hybridized carbons (Fsp3) is 0.185. The largest absolute Gasteiger partial charge is 0.484 e. The van der Waals surface area contributed by atoms with Gasteiger partial charge in [0.25, 0.3) is 5.91 Å². The Hall–Kier alpha value is -3.86. The fourth-order valence-electron chi connectivity index (χ4n) is 3.83. The van der Waals surface area contributed by atoms with E-state index >= 15 is 0 Å². The topological polar surface area (TPSA) is 71.2 Å². The minimum atomic E-state index is -0.195. The van der Waals surface area contributed by atoms with Crippen LogP contribution in [0.3, 0.4) is 0 Å². The lowest BCUT2D eigenvalue weighted by Crippen LogP contribution is -2.32. The van der Waals surface area contributed by atoms with Gasteiger partial charge in [-0.2, -0.15) is 0 Å². The summed E-state index contributed by atoms with van der Waals surface area (Å²) in [5.41, 5.74) is 4.00. The molecule has 0 aliphatic rings. The number of aromatic amines is 1. The van der Waals surface area contributed by atoms with Crippen LogP contribution in [0.2, 0.25) is 0 Å². The molecule has 4 aromatic rings. The summed E-state index contributed by atoms with van der Waals surface area (Å²) in [4.78, 5) is 27.6. The number of ether oxygens (including phenoxy) is 1. The first-order chi connectivity index (χ1) is 15.7. The zero-order valence-corrected chi connectivity index (χ0v) is 18.0. The molecule has 4 rings (SSSR count). The van der Waals surface area contributed by atoms with E-state index in [2.05, 4.69) is 28.5 Å². The first-order valence-corrected chi connectivity index (χ1v) is 10.8. The molecule has 162 valence electrons. The number of ketones is 1. The smallest absolute Gasteiger partial charge is 0.257 e. The van der Waals surface area contributed by atoms with Crippen LogP contribution in [0.15, 0.2) is 85.1 Å². The summed E-state index contributed by atoms with van der Waals surface area (Å²) in [6, 6.07) is 25.2. The zero-order chi connectivity index (χ0) is 22.3. The molecular weight excluding hydrogens is 400 g/mol. The second-order valence-corrected chi connectivity index (χ2v) is 7.65. The molecule has 0 bridgehead atoms. The minimum Gasteiger partial charge on any atom is -0.484 e. The summed E-state index contributed by atoms with van der Waals surface area (Å²) in [5.74, 6) is 0.456. The lowest BCUT2D eigenvalue weighted by molar-refractivity contribution is -0.123. The maximum Gasteiger partial charge on any atom is 0.257 e. The molecule has 1 heterocycles. The summed E-state index contributed by atoms with van der Waals surface area (Å²) in [7, 11) is 0. The number of H-pyrrole nitrogens is 1. The number of carbonyl (C=O) groups is 2. The Morgan fingerprint density at radius 2 is 1.66 bits per heavy atom. The highest BCUT2D eigenvalue weighted by molar-refractivity contribution is 5.95. The maximum absolute atomic E-state index is 12.5. The second kappa shape index (κ2) is 9.96. The zero-order valence-electron chi connectivity index (χ0n) is 18.0. The van der Waals surface area contributed by atoms with Crippen molar-refractivity contribution in [3.63, 3.8) is 0 Å². The quantitative estimate of drug-likeness (QED) is 0.366. The van der Waals surface area contributed by atoms with Crippen LogP contribution in [-0.4, -0.2) is 29.8 Å². The number of aromatic nitrogens is 1. The Bertz CT molecular complexity index is 1200. The molecule has 0 aliphatic carbocycles. The Morgan fingerprint density at radius 1 is 0.938 bits per heavy atom. The third kappa shape index (κ3) is 4.89. The van der Waals surface area contributed by atoms with Crippen molar-refractivity contribution in [1.82, 2.24) is 10.3 Å². The molecule has 0 spiro atoms. The monoisotopic (exact) mass is 426 g/mol. The molecule has 0 aliphatic heterocycles. The molecule has 1 atom stereocenters. The van der Waals surface area contributed by atoms with Gasteiger partial charge in [-0.05, 0) is 41.5 Å². The van der Waals surface area contributed by atoms with E-state index in [4.69, 9.17) is 4.74 Å². The second-order valence-electron chi connectivity index (χ2n) is 7.65. The number of nitrogens with one attached hydrogen (secondary N) is 2. The summed E-state index contributed by atoms with van der Waals surface area (Å²) < 4.78 is 5.61. The van der Waals surface area contributed by atoms with Gasteiger partial charge in [0.15, 0.2) is 12.4 Å². The van der Waals surface area contributed by atoms with Gasteiger partial charge in [0.2, 0.25) is 0 Å².